The first-order chi connectivity index (χ1) is 10.4. The summed E-state index contributed by atoms with van der Waals surface area (Å²) in [6.07, 6.45) is 0.526. The molecule has 1 fully saturated rings. The Morgan fingerprint density at radius 2 is 1.95 bits per heavy atom. The number of ether oxygens (including phenoxy) is 1. The zero-order chi connectivity index (χ0) is 15.7. The van der Waals surface area contributed by atoms with Gasteiger partial charge in [-0.3, -0.25) is 4.68 Å². The van der Waals surface area contributed by atoms with Gasteiger partial charge in [0.25, 0.3) is 0 Å². The zero-order valence-electron chi connectivity index (χ0n) is 11.7. The average Bonchev–Trinajstić information content (AvgIpc) is 2.96. The molecule has 0 unspecified atom stereocenters. The van der Waals surface area contributed by atoms with Gasteiger partial charge in [0, 0.05) is 30.5 Å². The Hall–Kier alpha value is -2.02. The van der Waals surface area contributed by atoms with Crippen molar-refractivity contribution in [1.82, 2.24) is 9.78 Å². The number of hydrogen-bond acceptors (Lipinski definition) is 3. The summed E-state index contributed by atoms with van der Waals surface area (Å²) < 4.78 is 44.9. The molecule has 1 aliphatic rings. The summed E-state index contributed by atoms with van der Waals surface area (Å²) >= 11 is 0. The van der Waals surface area contributed by atoms with E-state index in [-0.39, 0.29) is 6.04 Å². The minimum absolute atomic E-state index is 0.221. The van der Waals surface area contributed by atoms with Crippen molar-refractivity contribution >= 4 is 0 Å². The molecule has 0 saturated carbocycles. The largest absolute Gasteiger partial charge is 0.507 e. The molecule has 1 saturated heterocycles. The van der Waals surface area contributed by atoms with Crippen LogP contribution < -0.4 is 0 Å². The van der Waals surface area contributed by atoms with Crippen molar-refractivity contribution in [3.8, 4) is 16.9 Å². The highest BCUT2D eigenvalue weighted by molar-refractivity contribution is 5.69. The van der Waals surface area contributed by atoms with Gasteiger partial charge in [-0.05, 0) is 31.0 Å². The Labute approximate surface area is 125 Å². The summed E-state index contributed by atoms with van der Waals surface area (Å²) in [6.45, 7) is 1.34. The normalized spacial score (nSPS) is 16.9. The molecule has 2 aromatic rings. The average molecular weight is 312 g/mol. The quantitative estimate of drug-likeness (QED) is 0.921. The van der Waals surface area contributed by atoms with Crippen LogP contribution >= 0.6 is 0 Å². The molecule has 0 bridgehead atoms. The molecule has 1 N–H and O–H groups in total. The van der Waals surface area contributed by atoms with E-state index in [1.807, 2.05) is 0 Å². The van der Waals surface area contributed by atoms with Crippen molar-refractivity contribution in [3.05, 3.63) is 36.2 Å². The molecule has 0 radical (unpaired) electrons. The van der Waals surface area contributed by atoms with E-state index in [4.69, 9.17) is 4.74 Å². The second-order valence-corrected chi connectivity index (χ2v) is 5.28. The molecule has 0 spiro atoms. The van der Waals surface area contributed by atoms with Crippen LogP contribution in [-0.4, -0.2) is 28.1 Å². The summed E-state index contributed by atoms with van der Waals surface area (Å²) in [5, 5.41) is 14.1. The van der Waals surface area contributed by atoms with E-state index < -0.39 is 17.5 Å². The molecule has 1 aromatic carbocycles. The summed E-state index contributed by atoms with van der Waals surface area (Å²) in [6, 6.07) is 3.19. The van der Waals surface area contributed by atoms with Gasteiger partial charge in [-0.25, -0.2) is 0 Å². The van der Waals surface area contributed by atoms with Crippen LogP contribution in [0.3, 0.4) is 0 Å². The Balaban J connectivity index is 1.87. The molecular formula is C15H15F3N2O2. The van der Waals surface area contributed by atoms with E-state index in [1.54, 1.807) is 17.1 Å². The van der Waals surface area contributed by atoms with E-state index in [0.717, 1.165) is 25.0 Å². The van der Waals surface area contributed by atoms with Crippen LogP contribution in [0, 0.1) is 0 Å². The Bertz CT molecular complexity index is 661. The van der Waals surface area contributed by atoms with Crippen LogP contribution in [0.1, 0.15) is 24.4 Å². The van der Waals surface area contributed by atoms with Gasteiger partial charge in [0.1, 0.15) is 5.75 Å². The number of phenols is 1. The van der Waals surface area contributed by atoms with Crippen molar-refractivity contribution in [2.45, 2.75) is 25.1 Å². The highest BCUT2D eigenvalue weighted by atomic mass is 19.4. The van der Waals surface area contributed by atoms with Crippen LogP contribution in [0.4, 0.5) is 13.2 Å². The standard InChI is InChI=1S/C15H15F3N2O2/c16-15(17,18)11-1-2-13(14(21)7-11)10-8-19-20(9-10)12-3-5-22-6-4-12/h1-2,7-9,12,21H,3-6H2. The lowest BCUT2D eigenvalue weighted by atomic mass is 10.1. The molecule has 0 amide bonds. The monoisotopic (exact) mass is 312 g/mol. The fourth-order valence-corrected chi connectivity index (χ4v) is 2.58. The van der Waals surface area contributed by atoms with Gasteiger partial charge in [0.05, 0.1) is 17.8 Å². The fourth-order valence-electron chi connectivity index (χ4n) is 2.58. The molecule has 1 aliphatic heterocycles. The van der Waals surface area contributed by atoms with E-state index in [1.165, 1.54) is 6.07 Å². The first-order valence-electron chi connectivity index (χ1n) is 6.97. The van der Waals surface area contributed by atoms with Crippen LogP contribution in [0.2, 0.25) is 0 Å². The smallest absolute Gasteiger partial charge is 0.416 e. The van der Waals surface area contributed by atoms with E-state index in [0.29, 0.717) is 24.3 Å². The summed E-state index contributed by atoms with van der Waals surface area (Å²) in [5.74, 6) is -0.402. The number of aromatic hydroxyl groups is 1. The number of benzene rings is 1. The van der Waals surface area contributed by atoms with Crippen LogP contribution in [0.15, 0.2) is 30.6 Å². The molecule has 3 rings (SSSR count). The third kappa shape index (κ3) is 2.94. The van der Waals surface area contributed by atoms with E-state index in [9.17, 15) is 18.3 Å². The maximum Gasteiger partial charge on any atom is 0.416 e. The molecular weight excluding hydrogens is 297 g/mol. The number of rotatable bonds is 2. The third-order valence-corrected chi connectivity index (χ3v) is 3.80. The molecule has 7 heteroatoms. The predicted molar refractivity (Wildman–Crippen MR) is 73.4 cm³/mol. The van der Waals surface area contributed by atoms with Gasteiger partial charge < -0.3 is 9.84 Å². The number of hydrogen-bond donors (Lipinski definition) is 1. The Morgan fingerprint density at radius 3 is 2.59 bits per heavy atom. The second kappa shape index (κ2) is 5.64. The number of phenolic OH excluding ortho intramolecular Hbond substituents is 1. The van der Waals surface area contributed by atoms with Crippen molar-refractivity contribution in [2.75, 3.05) is 13.2 Å². The number of alkyl halides is 3. The minimum atomic E-state index is -4.47. The van der Waals surface area contributed by atoms with E-state index >= 15 is 0 Å². The molecule has 0 atom stereocenters. The molecule has 22 heavy (non-hydrogen) atoms. The Kier molecular flexibility index (Phi) is 3.82. The summed E-state index contributed by atoms with van der Waals surface area (Å²) in [5.41, 5.74) is 0.0644. The lowest BCUT2D eigenvalue weighted by molar-refractivity contribution is -0.137. The van der Waals surface area contributed by atoms with Gasteiger partial charge in [-0.15, -0.1) is 0 Å². The van der Waals surface area contributed by atoms with Gasteiger partial charge >= 0.3 is 6.18 Å². The maximum atomic E-state index is 12.6. The van der Waals surface area contributed by atoms with Crippen molar-refractivity contribution in [3.63, 3.8) is 0 Å². The lowest BCUT2D eigenvalue weighted by Gasteiger charge is -2.22. The van der Waals surface area contributed by atoms with Crippen molar-refractivity contribution in [2.24, 2.45) is 0 Å². The first-order valence-corrected chi connectivity index (χ1v) is 6.97. The van der Waals surface area contributed by atoms with Crippen molar-refractivity contribution < 1.29 is 23.0 Å². The zero-order valence-corrected chi connectivity index (χ0v) is 11.7. The lowest BCUT2D eigenvalue weighted by Crippen LogP contribution is -2.19. The highest BCUT2D eigenvalue weighted by Crippen LogP contribution is 2.36. The maximum absolute atomic E-state index is 12.6. The fraction of sp³-hybridized carbons (Fsp3) is 0.400. The van der Waals surface area contributed by atoms with Gasteiger partial charge in [-0.2, -0.15) is 18.3 Å². The summed E-state index contributed by atoms with van der Waals surface area (Å²) in [4.78, 5) is 0. The van der Waals surface area contributed by atoms with Crippen molar-refractivity contribution in [1.29, 1.82) is 0 Å². The topological polar surface area (TPSA) is 47.3 Å². The van der Waals surface area contributed by atoms with Gasteiger partial charge in [0.15, 0.2) is 0 Å². The number of nitrogens with zero attached hydrogens (tertiary/aromatic N) is 2. The third-order valence-electron chi connectivity index (χ3n) is 3.80. The van der Waals surface area contributed by atoms with Crippen LogP contribution in [0.5, 0.6) is 5.75 Å². The molecule has 0 aliphatic carbocycles. The predicted octanol–water partition coefficient (Wildman–Crippen LogP) is 3.63. The molecule has 2 heterocycles. The SMILES string of the molecule is Oc1cc(C(F)(F)F)ccc1-c1cnn(C2CCOCC2)c1. The second-order valence-electron chi connectivity index (χ2n) is 5.28. The van der Waals surface area contributed by atoms with E-state index in [2.05, 4.69) is 5.10 Å². The van der Waals surface area contributed by atoms with Gasteiger partial charge in [-0.1, -0.05) is 0 Å². The molecule has 4 nitrogen and oxygen atoms in total. The molecule has 1 aromatic heterocycles. The Morgan fingerprint density at radius 1 is 1.23 bits per heavy atom. The highest BCUT2D eigenvalue weighted by Gasteiger charge is 2.31. The first kappa shape index (κ1) is 14.9. The number of halogens is 3. The van der Waals surface area contributed by atoms with Crippen LogP contribution in [0.25, 0.3) is 11.1 Å². The van der Waals surface area contributed by atoms with Crippen LogP contribution in [-0.2, 0) is 10.9 Å². The molecule has 118 valence electrons. The minimum Gasteiger partial charge on any atom is -0.507 e. The van der Waals surface area contributed by atoms with Gasteiger partial charge in [0.2, 0.25) is 0 Å². The number of aromatic nitrogens is 2. The summed E-state index contributed by atoms with van der Waals surface area (Å²) in [7, 11) is 0.